The minimum absolute atomic E-state index is 0.195. The summed E-state index contributed by atoms with van der Waals surface area (Å²) in [5, 5.41) is 14.5. The fourth-order valence-electron chi connectivity index (χ4n) is 2.43. The maximum absolute atomic E-state index is 12.9. The van der Waals surface area contributed by atoms with E-state index in [2.05, 4.69) is 26.0 Å². The number of hydrogen-bond donors (Lipinski definition) is 1. The Morgan fingerprint density at radius 2 is 2.12 bits per heavy atom. The number of phenolic OH excluding ortho intramolecular Hbond substituents is 1. The lowest BCUT2D eigenvalue weighted by atomic mass is 10.2. The van der Waals surface area contributed by atoms with Crippen molar-refractivity contribution in [3.8, 4) is 5.75 Å². The van der Waals surface area contributed by atoms with E-state index >= 15 is 0 Å². The topological polar surface area (TPSA) is 67.5 Å². The van der Waals surface area contributed by atoms with Crippen LogP contribution in [0.4, 0.5) is 0 Å². The lowest BCUT2D eigenvalue weighted by Gasteiger charge is -2.08. The number of fused-ring (bicyclic) bond motifs is 1. The smallest absolute Gasteiger partial charge is 0.282 e. The summed E-state index contributed by atoms with van der Waals surface area (Å²) in [7, 11) is 0. The molecule has 1 aromatic heterocycles. The van der Waals surface area contributed by atoms with Gasteiger partial charge in [-0.25, -0.2) is 4.98 Å². The van der Waals surface area contributed by atoms with Crippen LogP contribution >= 0.6 is 38.5 Å². The van der Waals surface area contributed by atoms with Gasteiger partial charge in [-0.3, -0.25) is 4.79 Å². The quantitative estimate of drug-likeness (QED) is 0.419. The Morgan fingerprint density at radius 3 is 2.84 bits per heavy atom. The normalized spacial score (nSPS) is 11.5. The highest BCUT2D eigenvalue weighted by molar-refractivity contribution is 14.1. The van der Waals surface area contributed by atoms with E-state index in [9.17, 15) is 9.90 Å². The van der Waals surface area contributed by atoms with Gasteiger partial charge in [-0.05, 0) is 71.0 Å². The van der Waals surface area contributed by atoms with Crippen molar-refractivity contribution >= 4 is 55.6 Å². The number of aryl methyl sites for hydroxylation is 1. The standard InChI is InChI=1S/C18H15BrIN3O2/c1-2-3-17-22-15-6-5-12(19)9-13(15)18(25)23(17)21-10-11-4-7-16(24)14(20)8-11/h4-10,24H,2-3H2,1H3. The van der Waals surface area contributed by atoms with Gasteiger partial charge in [0.05, 0.1) is 20.7 Å². The van der Waals surface area contributed by atoms with Crippen LogP contribution < -0.4 is 5.56 Å². The zero-order chi connectivity index (χ0) is 18.0. The van der Waals surface area contributed by atoms with Crippen molar-refractivity contribution in [3.05, 3.63) is 66.2 Å². The van der Waals surface area contributed by atoms with Crippen molar-refractivity contribution in [2.24, 2.45) is 5.10 Å². The van der Waals surface area contributed by atoms with E-state index in [1.807, 2.05) is 41.6 Å². The Hall–Kier alpha value is -1.74. The molecule has 0 bridgehead atoms. The lowest BCUT2D eigenvalue weighted by molar-refractivity contribution is 0.471. The summed E-state index contributed by atoms with van der Waals surface area (Å²) < 4.78 is 2.91. The van der Waals surface area contributed by atoms with Gasteiger partial charge in [0, 0.05) is 10.9 Å². The Labute approximate surface area is 166 Å². The number of hydrogen-bond acceptors (Lipinski definition) is 4. The molecule has 0 radical (unpaired) electrons. The van der Waals surface area contributed by atoms with E-state index in [-0.39, 0.29) is 11.3 Å². The molecule has 0 amide bonds. The molecule has 128 valence electrons. The summed E-state index contributed by atoms with van der Waals surface area (Å²) >= 11 is 5.44. The summed E-state index contributed by atoms with van der Waals surface area (Å²) in [5.74, 6) is 0.853. The second kappa shape index (κ2) is 7.65. The molecule has 1 heterocycles. The van der Waals surface area contributed by atoms with Gasteiger partial charge in [0.1, 0.15) is 11.6 Å². The molecule has 0 spiro atoms. The molecule has 2 aromatic carbocycles. The second-order valence-electron chi connectivity index (χ2n) is 5.51. The first-order valence-electron chi connectivity index (χ1n) is 7.73. The Morgan fingerprint density at radius 1 is 1.32 bits per heavy atom. The summed E-state index contributed by atoms with van der Waals surface area (Å²) in [6.45, 7) is 2.04. The molecule has 0 aliphatic carbocycles. The molecular formula is C18H15BrIN3O2. The SMILES string of the molecule is CCCc1nc2ccc(Br)cc2c(=O)n1N=Cc1ccc(O)c(I)c1. The van der Waals surface area contributed by atoms with Crippen molar-refractivity contribution in [1.29, 1.82) is 0 Å². The van der Waals surface area contributed by atoms with Crippen LogP contribution in [0.2, 0.25) is 0 Å². The van der Waals surface area contributed by atoms with Gasteiger partial charge < -0.3 is 5.11 Å². The number of rotatable bonds is 4. The van der Waals surface area contributed by atoms with Gasteiger partial charge in [-0.2, -0.15) is 9.78 Å². The average molecular weight is 512 g/mol. The Kier molecular flexibility index (Phi) is 5.53. The van der Waals surface area contributed by atoms with Gasteiger partial charge in [0.15, 0.2) is 0 Å². The fraction of sp³-hybridized carbons (Fsp3) is 0.167. The number of aromatic hydroxyl groups is 1. The second-order valence-corrected chi connectivity index (χ2v) is 7.59. The molecule has 0 aliphatic rings. The Bertz CT molecular complexity index is 1030. The van der Waals surface area contributed by atoms with Crippen molar-refractivity contribution in [2.75, 3.05) is 0 Å². The summed E-state index contributed by atoms with van der Waals surface area (Å²) in [5.41, 5.74) is 1.27. The third-order valence-electron chi connectivity index (χ3n) is 3.64. The fourth-order valence-corrected chi connectivity index (χ4v) is 3.33. The number of halogens is 2. The van der Waals surface area contributed by atoms with Crippen molar-refractivity contribution in [1.82, 2.24) is 9.66 Å². The first kappa shape index (κ1) is 18.1. The van der Waals surface area contributed by atoms with E-state index in [4.69, 9.17) is 0 Å². The van der Waals surface area contributed by atoms with Crippen LogP contribution in [0.3, 0.4) is 0 Å². The van der Waals surface area contributed by atoms with E-state index < -0.39 is 0 Å². The van der Waals surface area contributed by atoms with Crippen LogP contribution in [0.5, 0.6) is 5.75 Å². The minimum atomic E-state index is -0.195. The van der Waals surface area contributed by atoms with Crippen molar-refractivity contribution < 1.29 is 5.11 Å². The highest BCUT2D eigenvalue weighted by Crippen LogP contribution is 2.20. The largest absolute Gasteiger partial charge is 0.507 e. The maximum atomic E-state index is 12.9. The Balaban J connectivity index is 2.14. The minimum Gasteiger partial charge on any atom is -0.507 e. The summed E-state index contributed by atoms with van der Waals surface area (Å²) in [6, 6.07) is 10.6. The molecule has 0 saturated heterocycles. The molecule has 7 heteroatoms. The molecule has 1 N–H and O–H groups in total. The van der Waals surface area contributed by atoms with Crippen LogP contribution in [-0.4, -0.2) is 21.0 Å². The number of benzene rings is 2. The molecule has 0 aliphatic heterocycles. The first-order chi connectivity index (χ1) is 12.0. The van der Waals surface area contributed by atoms with Crippen LogP contribution in [0.25, 0.3) is 10.9 Å². The third kappa shape index (κ3) is 3.92. The summed E-state index contributed by atoms with van der Waals surface area (Å²) in [6.07, 6.45) is 3.13. The van der Waals surface area contributed by atoms with Gasteiger partial charge in [0.25, 0.3) is 5.56 Å². The molecule has 3 aromatic rings. The average Bonchev–Trinajstić information content (AvgIpc) is 2.58. The lowest BCUT2D eigenvalue weighted by Crippen LogP contribution is -2.22. The van der Waals surface area contributed by atoms with Crippen molar-refractivity contribution in [3.63, 3.8) is 0 Å². The van der Waals surface area contributed by atoms with Crippen LogP contribution in [-0.2, 0) is 6.42 Å². The van der Waals surface area contributed by atoms with E-state index in [1.54, 1.807) is 30.5 Å². The number of nitrogens with zero attached hydrogens (tertiary/aromatic N) is 3. The first-order valence-corrected chi connectivity index (χ1v) is 9.61. The van der Waals surface area contributed by atoms with E-state index in [0.717, 1.165) is 20.0 Å². The molecule has 0 fully saturated rings. The molecular weight excluding hydrogens is 497 g/mol. The van der Waals surface area contributed by atoms with Crippen LogP contribution in [0.15, 0.2) is 50.8 Å². The highest BCUT2D eigenvalue weighted by Gasteiger charge is 2.10. The molecule has 3 rings (SSSR count). The highest BCUT2D eigenvalue weighted by atomic mass is 127. The van der Waals surface area contributed by atoms with Gasteiger partial charge in [-0.15, -0.1) is 0 Å². The van der Waals surface area contributed by atoms with E-state index in [0.29, 0.717) is 23.1 Å². The molecule has 5 nitrogen and oxygen atoms in total. The van der Waals surface area contributed by atoms with Crippen LogP contribution in [0.1, 0.15) is 24.7 Å². The predicted molar refractivity (Wildman–Crippen MR) is 112 cm³/mol. The molecule has 25 heavy (non-hydrogen) atoms. The third-order valence-corrected chi connectivity index (χ3v) is 5.00. The van der Waals surface area contributed by atoms with Gasteiger partial charge >= 0.3 is 0 Å². The van der Waals surface area contributed by atoms with Crippen LogP contribution in [0, 0.1) is 3.57 Å². The number of aromatic nitrogens is 2. The molecule has 0 atom stereocenters. The van der Waals surface area contributed by atoms with Gasteiger partial charge in [0.2, 0.25) is 0 Å². The zero-order valence-corrected chi connectivity index (χ0v) is 17.2. The van der Waals surface area contributed by atoms with E-state index in [1.165, 1.54) is 4.68 Å². The summed E-state index contributed by atoms with van der Waals surface area (Å²) in [4.78, 5) is 17.5. The molecule has 0 unspecified atom stereocenters. The molecule has 0 saturated carbocycles. The maximum Gasteiger partial charge on any atom is 0.282 e. The predicted octanol–water partition coefficient (Wildman–Crippen LogP) is 4.30. The zero-order valence-electron chi connectivity index (χ0n) is 13.4. The monoisotopic (exact) mass is 511 g/mol. The number of phenols is 1. The van der Waals surface area contributed by atoms with Crippen molar-refractivity contribution in [2.45, 2.75) is 19.8 Å². The van der Waals surface area contributed by atoms with Gasteiger partial charge in [-0.1, -0.05) is 22.9 Å².